The van der Waals surface area contributed by atoms with E-state index in [2.05, 4.69) is 10.4 Å². The van der Waals surface area contributed by atoms with Crippen molar-refractivity contribution in [3.63, 3.8) is 0 Å². The highest BCUT2D eigenvalue weighted by atomic mass is 16.5. The van der Waals surface area contributed by atoms with Crippen molar-refractivity contribution in [3.8, 4) is 5.75 Å². The maximum atomic E-state index is 13.1. The van der Waals surface area contributed by atoms with Gasteiger partial charge < -0.3 is 15.0 Å². The largest absolute Gasteiger partial charge is 0.484 e. The Morgan fingerprint density at radius 2 is 1.96 bits per heavy atom. The number of carbonyl (C=O) groups is 2. The van der Waals surface area contributed by atoms with E-state index in [4.69, 9.17) is 4.74 Å². The van der Waals surface area contributed by atoms with Crippen molar-refractivity contribution in [1.29, 1.82) is 0 Å². The summed E-state index contributed by atoms with van der Waals surface area (Å²) in [7, 11) is 0. The zero-order valence-electron chi connectivity index (χ0n) is 16.6. The number of piperidine rings is 1. The second-order valence-corrected chi connectivity index (χ2v) is 7.62. The van der Waals surface area contributed by atoms with Gasteiger partial charge in [-0.1, -0.05) is 12.1 Å². The number of benzene rings is 1. The number of nitrogens with zero attached hydrogens (tertiary/aromatic N) is 3. The summed E-state index contributed by atoms with van der Waals surface area (Å²) in [6, 6.07) is 7.33. The molecule has 1 spiro atoms. The number of carbonyl (C=O) groups excluding carboxylic acids is 2. The second-order valence-electron chi connectivity index (χ2n) is 7.62. The average molecular weight is 382 g/mol. The van der Waals surface area contributed by atoms with Crippen LogP contribution in [0.2, 0.25) is 0 Å². The molecule has 0 unspecified atom stereocenters. The lowest BCUT2D eigenvalue weighted by Crippen LogP contribution is -2.54. The Kier molecular flexibility index (Phi) is 4.61. The molecule has 0 aliphatic carbocycles. The van der Waals surface area contributed by atoms with Crippen LogP contribution in [0.1, 0.15) is 51.9 Å². The summed E-state index contributed by atoms with van der Waals surface area (Å²) in [5, 5.41) is 7.46. The molecule has 28 heavy (non-hydrogen) atoms. The summed E-state index contributed by atoms with van der Waals surface area (Å²) < 4.78 is 8.19. The van der Waals surface area contributed by atoms with E-state index >= 15 is 0 Å². The van der Waals surface area contributed by atoms with Crippen molar-refractivity contribution in [2.75, 3.05) is 19.6 Å². The monoisotopic (exact) mass is 382 g/mol. The van der Waals surface area contributed by atoms with E-state index in [9.17, 15) is 9.59 Å². The smallest absolute Gasteiger partial charge is 0.257 e. The van der Waals surface area contributed by atoms with Crippen LogP contribution in [0.3, 0.4) is 0 Å². The number of hydrogen-bond donors (Lipinski definition) is 1. The number of likely N-dealkylation sites (tertiary alicyclic amines) is 1. The number of para-hydroxylation sites is 1. The molecule has 2 aliphatic rings. The van der Waals surface area contributed by atoms with E-state index in [1.54, 1.807) is 6.07 Å². The molecule has 1 saturated heterocycles. The minimum absolute atomic E-state index is 0.0302. The van der Waals surface area contributed by atoms with Crippen molar-refractivity contribution in [2.45, 2.75) is 45.8 Å². The number of ether oxygens (including phenoxy) is 1. The molecule has 4 rings (SSSR count). The molecule has 148 valence electrons. The Balaban J connectivity index is 1.51. The van der Waals surface area contributed by atoms with Gasteiger partial charge in [0.25, 0.3) is 11.8 Å². The predicted molar refractivity (Wildman–Crippen MR) is 105 cm³/mol. The van der Waals surface area contributed by atoms with Gasteiger partial charge in [0.1, 0.15) is 11.4 Å². The fraction of sp³-hybridized carbons (Fsp3) is 0.476. The van der Waals surface area contributed by atoms with Crippen LogP contribution in [-0.4, -0.2) is 51.7 Å². The average Bonchev–Trinajstić information content (AvgIpc) is 2.92. The summed E-state index contributed by atoms with van der Waals surface area (Å²) in [6.07, 6.45) is 1.35. The highest BCUT2D eigenvalue weighted by Crippen LogP contribution is 2.33. The molecule has 7 heteroatoms. The molecule has 1 fully saturated rings. The van der Waals surface area contributed by atoms with Gasteiger partial charge in [-0.25, -0.2) is 0 Å². The number of hydrogen-bond acceptors (Lipinski definition) is 4. The number of nitrogens with one attached hydrogen (secondary N) is 1. The van der Waals surface area contributed by atoms with E-state index < -0.39 is 5.60 Å². The lowest BCUT2D eigenvalue weighted by Gasteiger charge is -2.41. The van der Waals surface area contributed by atoms with Crippen molar-refractivity contribution in [3.05, 3.63) is 46.8 Å². The minimum Gasteiger partial charge on any atom is -0.484 e. The molecule has 0 radical (unpaired) electrons. The summed E-state index contributed by atoms with van der Waals surface area (Å²) >= 11 is 0. The van der Waals surface area contributed by atoms with E-state index in [0.29, 0.717) is 49.4 Å². The first-order chi connectivity index (χ1) is 13.4. The normalized spacial score (nSPS) is 18.2. The van der Waals surface area contributed by atoms with Crippen LogP contribution in [0.15, 0.2) is 24.3 Å². The van der Waals surface area contributed by atoms with Gasteiger partial charge in [-0.3, -0.25) is 14.3 Å². The molecule has 1 aromatic heterocycles. The summed E-state index contributed by atoms with van der Waals surface area (Å²) in [5.74, 6) is 0.542. The van der Waals surface area contributed by atoms with Gasteiger partial charge in [-0.05, 0) is 32.9 Å². The Hall–Kier alpha value is -2.83. The molecular weight excluding hydrogens is 356 g/mol. The first-order valence-electron chi connectivity index (χ1n) is 9.83. The molecule has 7 nitrogen and oxygen atoms in total. The van der Waals surface area contributed by atoms with Crippen molar-refractivity contribution in [1.82, 2.24) is 20.0 Å². The van der Waals surface area contributed by atoms with Crippen molar-refractivity contribution in [2.24, 2.45) is 0 Å². The Morgan fingerprint density at radius 3 is 2.64 bits per heavy atom. The topological polar surface area (TPSA) is 76.5 Å². The van der Waals surface area contributed by atoms with Gasteiger partial charge in [-0.15, -0.1) is 0 Å². The third-order valence-corrected chi connectivity index (χ3v) is 5.89. The second kappa shape index (κ2) is 6.96. The zero-order chi connectivity index (χ0) is 19.9. The van der Waals surface area contributed by atoms with Gasteiger partial charge in [0.2, 0.25) is 0 Å². The Morgan fingerprint density at radius 1 is 1.25 bits per heavy atom. The van der Waals surface area contributed by atoms with Crippen LogP contribution in [0.25, 0.3) is 0 Å². The molecule has 3 heterocycles. The van der Waals surface area contributed by atoms with Gasteiger partial charge in [0.15, 0.2) is 0 Å². The first kappa shape index (κ1) is 18.5. The predicted octanol–water partition coefficient (Wildman–Crippen LogP) is 2.32. The number of aromatic nitrogens is 2. The maximum Gasteiger partial charge on any atom is 0.257 e. The molecule has 1 N–H and O–H groups in total. The zero-order valence-corrected chi connectivity index (χ0v) is 16.6. The van der Waals surface area contributed by atoms with E-state index in [0.717, 1.165) is 17.9 Å². The lowest BCUT2D eigenvalue weighted by atomic mass is 9.90. The number of amides is 2. The number of fused-ring (bicyclic) bond motifs is 1. The van der Waals surface area contributed by atoms with Crippen LogP contribution in [-0.2, 0) is 6.54 Å². The molecule has 0 atom stereocenters. The van der Waals surface area contributed by atoms with Crippen LogP contribution >= 0.6 is 0 Å². The molecule has 2 aromatic rings. The highest BCUT2D eigenvalue weighted by molar-refractivity contribution is 5.97. The Labute approximate surface area is 164 Å². The Bertz CT molecular complexity index is 926. The van der Waals surface area contributed by atoms with Gasteiger partial charge in [0.05, 0.1) is 23.4 Å². The van der Waals surface area contributed by atoms with Gasteiger partial charge in [0, 0.05) is 38.2 Å². The van der Waals surface area contributed by atoms with Gasteiger partial charge >= 0.3 is 0 Å². The third kappa shape index (κ3) is 3.04. The lowest BCUT2D eigenvalue weighted by molar-refractivity contribution is 0.00767. The molecular formula is C21H26N4O3. The fourth-order valence-corrected chi connectivity index (χ4v) is 4.22. The standard InChI is InChI=1S/C21H26N4O3/c1-4-25-15(3)18(14(2)23-25)20(27)24-11-9-21(10-12-24)13-22-19(26)16-7-5-6-8-17(16)28-21/h5-8H,4,9-13H2,1-3H3,(H,22,26). The molecule has 2 aliphatic heterocycles. The van der Waals surface area contributed by atoms with E-state index in [1.165, 1.54) is 0 Å². The first-order valence-corrected chi connectivity index (χ1v) is 9.83. The number of aryl methyl sites for hydroxylation is 2. The van der Waals surface area contributed by atoms with Crippen LogP contribution in [0, 0.1) is 13.8 Å². The van der Waals surface area contributed by atoms with Crippen molar-refractivity contribution >= 4 is 11.8 Å². The van der Waals surface area contributed by atoms with Crippen LogP contribution in [0.4, 0.5) is 0 Å². The highest BCUT2D eigenvalue weighted by Gasteiger charge is 2.41. The van der Waals surface area contributed by atoms with Gasteiger partial charge in [-0.2, -0.15) is 5.10 Å². The summed E-state index contributed by atoms with van der Waals surface area (Å²) in [4.78, 5) is 27.3. The summed E-state index contributed by atoms with van der Waals surface area (Å²) in [6.45, 7) is 8.24. The fourth-order valence-electron chi connectivity index (χ4n) is 4.22. The molecule has 1 aromatic carbocycles. The third-order valence-electron chi connectivity index (χ3n) is 5.89. The quantitative estimate of drug-likeness (QED) is 0.865. The SMILES string of the molecule is CCn1nc(C)c(C(=O)N2CCC3(CC2)CNC(=O)c2ccccc2O3)c1C. The van der Waals surface area contributed by atoms with Crippen LogP contribution in [0.5, 0.6) is 5.75 Å². The van der Waals surface area contributed by atoms with Crippen LogP contribution < -0.4 is 10.1 Å². The maximum absolute atomic E-state index is 13.1. The van der Waals surface area contributed by atoms with Crippen molar-refractivity contribution < 1.29 is 14.3 Å². The minimum atomic E-state index is -0.475. The van der Waals surface area contributed by atoms with E-state index in [1.807, 2.05) is 48.6 Å². The molecule has 2 amide bonds. The van der Waals surface area contributed by atoms with E-state index in [-0.39, 0.29) is 11.8 Å². The summed E-state index contributed by atoms with van der Waals surface area (Å²) in [5.41, 5.74) is 2.49. The molecule has 0 saturated carbocycles. The molecule has 0 bridgehead atoms. The number of rotatable bonds is 2.